The Balaban J connectivity index is 1.37. The van der Waals surface area contributed by atoms with E-state index < -0.39 is 0 Å². The molecule has 0 saturated carbocycles. The Bertz CT molecular complexity index is 2500. The molecule has 0 atom stereocenters. The molecular weight excluding hydrogens is 571 g/mol. The third kappa shape index (κ3) is 4.11. The second-order valence-corrected chi connectivity index (χ2v) is 11.9. The number of imidazole rings is 1. The standard InChI is InChI=1S/C39H25N5S/c1-2-16-28(17-3-1)43(33-22-8-13-26-12-4-5-18-29(26)33)39-31-20-7-6-19-30(31)36(45-39)38-42-32-21-11-25-41-37(32)44(38)34-23-9-14-27-15-10-24-40-35(27)34/h1-25H. The third-order valence-electron chi connectivity index (χ3n) is 8.30. The molecule has 0 amide bonds. The van der Waals surface area contributed by atoms with Gasteiger partial charge in [0.05, 0.1) is 21.8 Å². The van der Waals surface area contributed by atoms with Gasteiger partial charge in [-0.3, -0.25) is 9.55 Å². The first-order valence-electron chi connectivity index (χ1n) is 14.9. The average molecular weight is 596 g/mol. The first-order chi connectivity index (χ1) is 22.3. The highest BCUT2D eigenvalue weighted by Crippen LogP contribution is 2.50. The van der Waals surface area contributed by atoms with Crippen molar-refractivity contribution in [1.29, 1.82) is 0 Å². The van der Waals surface area contributed by atoms with Crippen molar-refractivity contribution in [2.75, 3.05) is 4.90 Å². The van der Waals surface area contributed by atoms with Crippen LogP contribution in [0.25, 0.3) is 60.0 Å². The van der Waals surface area contributed by atoms with Crippen LogP contribution >= 0.6 is 11.3 Å². The van der Waals surface area contributed by atoms with E-state index in [0.29, 0.717) is 0 Å². The molecule has 0 bridgehead atoms. The zero-order chi connectivity index (χ0) is 29.7. The van der Waals surface area contributed by atoms with Gasteiger partial charge in [0.15, 0.2) is 11.5 Å². The molecule has 0 N–H and O–H groups in total. The van der Waals surface area contributed by atoms with Crippen molar-refractivity contribution in [2.45, 2.75) is 0 Å². The van der Waals surface area contributed by atoms with E-state index in [1.54, 1.807) is 11.3 Å². The maximum absolute atomic E-state index is 5.25. The van der Waals surface area contributed by atoms with Gasteiger partial charge in [0.1, 0.15) is 10.5 Å². The lowest BCUT2D eigenvalue weighted by atomic mass is 10.1. The number of aromatic nitrogens is 4. The molecule has 9 aromatic rings. The van der Waals surface area contributed by atoms with E-state index in [2.05, 4.69) is 131 Å². The lowest BCUT2D eigenvalue weighted by Gasteiger charge is -2.25. The van der Waals surface area contributed by atoms with Gasteiger partial charge in [0.25, 0.3) is 0 Å². The summed E-state index contributed by atoms with van der Waals surface area (Å²) in [5.74, 6) is 0.847. The number of anilines is 3. The number of rotatable bonds is 5. The molecular formula is C39H25N5S. The molecule has 0 aliphatic carbocycles. The van der Waals surface area contributed by atoms with E-state index in [1.807, 2.05) is 30.6 Å². The third-order valence-corrected chi connectivity index (χ3v) is 9.50. The van der Waals surface area contributed by atoms with E-state index in [1.165, 1.54) is 10.8 Å². The summed E-state index contributed by atoms with van der Waals surface area (Å²) in [6.07, 6.45) is 3.68. The second kappa shape index (κ2) is 10.4. The van der Waals surface area contributed by atoms with Crippen molar-refractivity contribution in [1.82, 2.24) is 19.5 Å². The average Bonchev–Trinajstić information content (AvgIpc) is 3.68. The summed E-state index contributed by atoms with van der Waals surface area (Å²) in [7, 11) is 0. The normalized spacial score (nSPS) is 11.6. The lowest BCUT2D eigenvalue weighted by Crippen LogP contribution is -2.09. The van der Waals surface area contributed by atoms with Gasteiger partial charge in [0, 0.05) is 39.6 Å². The predicted octanol–water partition coefficient (Wildman–Crippen LogP) is 10.5. The van der Waals surface area contributed by atoms with E-state index in [9.17, 15) is 0 Å². The fourth-order valence-corrected chi connectivity index (χ4v) is 7.61. The largest absolute Gasteiger partial charge is 0.301 e. The zero-order valence-electron chi connectivity index (χ0n) is 24.1. The van der Waals surface area contributed by atoms with Crippen LogP contribution in [0.3, 0.4) is 0 Å². The van der Waals surface area contributed by atoms with Crippen LogP contribution in [0.1, 0.15) is 0 Å². The number of pyridine rings is 2. The summed E-state index contributed by atoms with van der Waals surface area (Å²) in [4.78, 5) is 18.3. The van der Waals surface area contributed by atoms with Crippen molar-refractivity contribution >= 4 is 71.3 Å². The number of benzene rings is 5. The minimum absolute atomic E-state index is 0.804. The number of fused-ring (bicyclic) bond motifs is 4. The van der Waals surface area contributed by atoms with E-state index in [-0.39, 0.29) is 0 Å². The highest BCUT2D eigenvalue weighted by atomic mass is 32.1. The van der Waals surface area contributed by atoms with Gasteiger partial charge in [-0.25, -0.2) is 9.97 Å². The van der Waals surface area contributed by atoms with Crippen LogP contribution in [0.15, 0.2) is 152 Å². The zero-order valence-corrected chi connectivity index (χ0v) is 24.9. The van der Waals surface area contributed by atoms with Crippen molar-refractivity contribution in [3.05, 3.63) is 152 Å². The van der Waals surface area contributed by atoms with E-state index in [0.717, 1.165) is 65.6 Å². The molecule has 45 heavy (non-hydrogen) atoms. The van der Waals surface area contributed by atoms with Gasteiger partial charge < -0.3 is 4.90 Å². The number of para-hydroxylation sites is 2. The maximum atomic E-state index is 5.25. The maximum Gasteiger partial charge on any atom is 0.165 e. The Morgan fingerprint density at radius 3 is 2.16 bits per heavy atom. The summed E-state index contributed by atoms with van der Waals surface area (Å²) in [6, 6.07) is 48.7. The minimum Gasteiger partial charge on any atom is -0.301 e. The predicted molar refractivity (Wildman–Crippen MR) is 187 cm³/mol. The Labute approximate surface area is 263 Å². The summed E-state index contributed by atoms with van der Waals surface area (Å²) in [6.45, 7) is 0. The summed E-state index contributed by atoms with van der Waals surface area (Å²) in [5, 5.41) is 6.90. The SMILES string of the molecule is c1ccc(N(c2cccc3ccccc23)c2sc(-c3nc4cccnc4n3-c3cccc4cccnc34)c3ccccc23)cc1. The van der Waals surface area contributed by atoms with E-state index in [4.69, 9.17) is 15.0 Å². The molecule has 0 unspecified atom stereocenters. The summed E-state index contributed by atoms with van der Waals surface area (Å²) >= 11 is 1.76. The molecule has 0 aliphatic rings. The van der Waals surface area contributed by atoms with Gasteiger partial charge in [0.2, 0.25) is 0 Å². The fourth-order valence-electron chi connectivity index (χ4n) is 6.31. The Morgan fingerprint density at radius 2 is 1.24 bits per heavy atom. The van der Waals surface area contributed by atoms with Crippen LogP contribution in [-0.4, -0.2) is 19.5 Å². The molecule has 5 nitrogen and oxygen atoms in total. The summed E-state index contributed by atoms with van der Waals surface area (Å²) in [5.41, 5.74) is 5.74. The molecule has 4 heterocycles. The monoisotopic (exact) mass is 595 g/mol. The van der Waals surface area contributed by atoms with Gasteiger partial charge in [-0.1, -0.05) is 97.1 Å². The second-order valence-electron chi connectivity index (χ2n) is 10.9. The molecule has 5 aromatic carbocycles. The molecule has 0 radical (unpaired) electrons. The fraction of sp³-hybridized carbons (Fsp3) is 0. The summed E-state index contributed by atoms with van der Waals surface area (Å²) < 4.78 is 2.18. The Kier molecular flexibility index (Phi) is 5.92. The Morgan fingerprint density at radius 1 is 0.556 bits per heavy atom. The molecule has 4 aromatic heterocycles. The number of hydrogen-bond acceptors (Lipinski definition) is 5. The van der Waals surface area contributed by atoms with Crippen molar-refractivity contribution < 1.29 is 0 Å². The lowest BCUT2D eigenvalue weighted by molar-refractivity contribution is 1.09. The van der Waals surface area contributed by atoms with Crippen LogP contribution in [0.2, 0.25) is 0 Å². The topological polar surface area (TPSA) is 46.8 Å². The van der Waals surface area contributed by atoms with Gasteiger partial charge >= 0.3 is 0 Å². The van der Waals surface area contributed by atoms with Gasteiger partial charge in [-0.05, 0) is 47.9 Å². The van der Waals surface area contributed by atoms with Crippen molar-refractivity contribution in [3.63, 3.8) is 0 Å². The van der Waals surface area contributed by atoms with Crippen molar-refractivity contribution in [3.8, 4) is 16.4 Å². The molecule has 0 spiro atoms. The highest BCUT2D eigenvalue weighted by Gasteiger charge is 2.26. The molecule has 0 fully saturated rings. The first-order valence-corrected chi connectivity index (χ1v) is 15.7. The van der Waals surface area contributed by atoms with Gasteiger partial charge in [-0.15, -0.1) is 11.3 Å². The molecule has 212 valence electrons. The molecule has 6 heteroatoms. The number of nitrogens with zero attached hydrogens (tertiary/aromatic N) is 5. The first kappa shape index (κ1) is 25.6. The van der Waals surface area contributed by atoms with Crippen molar-refractivity contribution in [2.24, 2.45) is 0 Å². The van der Waals surface area contributed by atoms with Crippen LogP contribution in [0, 0.1) is 0 Å². The molecule has 0 saturated heterocycles. The highest BCUT2D eigenvalue weighted by molar-refractivity contribution is 7.21. The molecule has 9 rings (SSSR count). The van der Waals surface area contributed by atoms with Gasteiger partial charge in [-0.2, -0.15) is 0 Å². The van der Waals surface area contributed by atoms with Crippen LogP contribution in [0.5, 0.6) is 0 Å². The van der Waals surface area contributed by atoms with Crippen LogP contribution in [-0.2, 0) is 0 Å². The van der Waals surface area contributed by atoms with Crippen LogP contribution < -0.4 is 4.90 Å². The quantitative estimate of drug-likeness (QED) is 0.199. The number of hydrogen-bond donors (Lipinski definition) is 0. The smallest absolute Gasteiger partial charge is 0.165 e. The number of thiophene rings is 1. The minimum atomic E-state index is 0.804. The molecule has 0 aliphatic heterocycles. The Hall–Kier alpha value is -5.85. The van der Waals surface area contributed by atoms with Crippen LogP contribution in [0.4, 0.5) is 16.4 Å². The van der Waals surface area contributed by atoms with E-state index >= 15 is 0 Å².